The van der Waals surface area contributed by atoms with Crippen molar-refractivity contribution in [2.45, 2.75) is 38.2 Å². The van der Waals surface area contributed by atoms with Crippen LogP contribution in [0, 0.1) is 5.92 Å². The van der Waals surface area contributed by atoms with Crippen LogP contribution < -0.4 is 5.32 Å². The van der Waals surface area contributed by atoms with Gasteiger partial charge in [0.1, 0.15) is 12.3 Å². The molecule has 4 nitrogen and oxygen atoms in total. The van der Waals surface area contributed by atoms with Gasteiger partial charge >= 0.3 is 5.97 Å². The van der Waals surface area contributed by atoms with Gasteiger partial charge in [-0.05, 0) is 25.5 Å². The van der Waals surface area contributed by atoms with E-state index < -0.39 is 36.2 Å². The van der Waals surface area contributed by atoms with E-state index in [-0.39, 0.29) is 19.4 Å². The van der Waals surface area contributed by atoms with Gasteiger partial charge < -0.3 is 10.1 Å². The number of rotatable bonds is 4. The molecule has 4 atom stereocenters. The SMILES string of the molecule is CCOC(=O)[C@H]1C[C@H](F)[C@H](F)C[C@H]1NC(=O)c1ccccc1. The highest BCUT2D eigenvalue weighted by atomic mass is 19.2. The average Bonchev–Trinajstić information content (AvgIpc) is 2.51. The number of ether oxygens (including phenoxy) is 1. The number of benzene rings is 1. The lowest BCUT2D eigenvalue weighted by molar-refractivity contribution is -0.151. The molecule has 0 unspecified atom stereocenters. The summed E-state index contributed by atoms with van der Waals surface area (Å²) in [6.45, 7) is 1.80. The lowest BCUT2D eigenvalue weighted by Crippen LogP contribution is -2.51. The van der Waals surface area contributed by atoms with Crippen LogP contribution in [-0.2, 0) is 9.53 Å². The number of hydrogen-bond acceptors (Lipinski definition) is 3. The van der Waals surface area contributed by atoms with Crippen LogP contribution in [0.1, 0.15) is 30.1 Å². The molecule has 0 bridgehead atoms. The second kappa shape index (κ2) is 7.33. The normalized spacial score (nSPS) is 28.0. The number of alkyl halides is 2. The first-order valence-corrected chi connectivity index (χ1v) is 7.33. The Balaban J connectivity index is 2.10. The van der Waals surface area contributed by atoms with Gasteiger partial charge in [-0.2, -0.15) is 0 Å². The first-order chi connectivity index (χ1) is 10.5. The van der Waals surface area contributed by atoms with Gasteiger partial charge in [0.15, 0.2) is 0 Å². The van der Waals surface area contributed by atoms with Crippen LogP contribution in [0.4, 0.5) is 8.78 Å². The fourth-order valence-electron chi connectivity index (χ4n) is 2.62. The number of carbonyl (C=O) groups is 2. The largest absolute Gasteiger partial charge is 0.466 e. The molecule has 0 aliphatic heterocycles. The molecule has 0 radical (unpaired) electrons. The summed E-state index contributed by atoms with van der Waals surface area (Å²) in [6.07, 6.45) is -3.91. The Bertz CT molecular complexity index is 523. The molecule has 6 heteroatoms. The zero-order valence-electron chi connectivity index (χ0n) is 12.3. The molecule has 1 aliphatic rings. The molecule has 1 aromatic rings. The van der Waals surface area contributed by atoms with Gasteiger partial charge in [-0.15, -0.1) is 0 Å². The molecule has 22 heavy (non-hydrogen) atoms. The zero-order chi connectivity index (χ0) is 16.1. The standard InChI is InChI=1S/C16H19F2NO3/c1-2-22-16(21)11-8-12(17)13(18)9-14(11)19-15(20)10-6-4-3-5-7-10/h3-7,11-14H,2,8-9H2,1H3,(H,19,20)/t11-,12-,13+,14+/m0/s1. The van der Waals surface area contributed by atoms with Crippen LogP contribution in [0.3, 0.4) is 0 Å². The molecule has 1 N–H and O–H groups in total. The van der Waals surface area contributed by atoms with Crippen LogP contribution in [0.2, 0.25) is 0 Å². The van der Waals surface area contributed by atoms with Crippen molar-refractivity contribution >= 4 is 11.9 Å². The van der Waals surface area contributed by atoms with E-state index in [1.54, 1.807) is 37.3 Å². The molecular weight excluding hydrogens is 292 g/mol. The van der Waals surface area contributed by atoms with Gasteiger partial charge in [0.05, 0.1) is 12.5 Å². The van der Waals surface area contributed by atoms with Crippen molar-refractivity contribution in [2.75, 3.05) is 6.61 Å². The first-order valence-electron chi connectivity index (χ1n) is 7.33. The highest BCUT2D eigenvalue weighted by Gasteiger charge is 2.42. The number of amides is 1. The van der Waals surface area contributed by atoms with E-state index in [0.717, 1.165) is 0 Å². The maximum absolute atomic E-state index is 13.6. The van der Waals surface area contributed by atoms with Crippen molar-refractivity contribution in [3.05, 3.63) is 35.9 Å². The number of carbonyl (C=O) groups excluding carboxylic acids is 2. The van der Waals surface area contributed by atoms with Crippen molar-refractivity contribution in [1.29, 1.82) is 0 Å². The van der Waals surface area contributed by atoms with Gasteiger partial charge in [0.2, 0.25) is 0 Å². The highest BCUT2D eigenvalue weighted by molar-refractivity contribution is 5.94. The quantitative estimate of drug-likeness (QED) is 0.869. The second-order valence-corrected chi connectivity index (χ2v) is 5.31. The van der Waals surface area contributed by atoms with E-state index in [1.807, 2.05) is 0 Å². The fraction of sp³-hybridized carbons (Fsp3) is 0.500. The molecule has 2 rings (SSSR count). The Kier molecular flexibility index (Phi) is 5.46. The van der Waals surface area contributed by atoms with Crippen molar-refractivity contribution in [2.24, 2.45) is 5.92 Å². The van der Waals surface area contributed by atoms with Gasteiger partial charge in [0, 0.05) is 18.0 Å². The number of nitrogens with one attached hydrogen (secondary N) is 1. The minimum atomic E-state index is -1.71. The van der Waals surface area contributed by atoms with Crippen LogP contribution in [0.5, 0.6) is 0 Å². The topological polar surface area (TPSA) is 55.4 Å². The summed E-state index contributed by atoms with van der Waals surface area (Å²) in [5.41, 5.74) is 0.405. The molecule has 1 saturated carbocycles. The lowest BCUT2D eigenvalue weighted by atomic mass is 9.82. The zero-order valence-corrected chi connectivity index (χ0v) is 12.3. The third kappa shape index (κ3) is 3.81. The van der Waals surface area contributed by atoms with E-state index in [2.05, 4.69) is 5.32 Å². The molecule has 1 aliphatic carbocycles. The average molecular weight is 311 g/mol. The minimum Gasteiger partial charge on any atom is -0.466 e. The molecule has 1 aromatic carbocycles. The van der Waals surface area contributed by atoms with E-state index in [4.69, 9.17) is 4.74 Å². The molecular formula is C16H19F2NO3. The molecule has 0 aromatic heterocycles. The Labute approximate surface area is 127 Å². The van der Waals surface area contributed by atoms with Crippen molar-refractivity contribution in [3.63, 3.8) is 0 Å². The van der Waals surface area contributed by atoms with E-state index >= 15 is 0 Å². The van der Waals surface area contributed by atoms with Crippen LogP contribution in [0.15, 0.2) is 30.3 Å². The summed E-state index contributed by atoms with van der Waals surface area (Å²) >= 11 is 0. The van der Waals surface area contributed by atoms with Crippen LogP contribution in [-0.4, -0.2) is 36.9 Å². The van der Waals surface area contributed by atoms with Crippen LogP contribution in [0.25, 0.3) is 0 Å². The van der Waals surface area contributed by atoms with Crippen molar-refractivity contribution in [1.82, 2.24) is 5.32 Å². The fourth-order valence-corrected chi connectivity index (χ4v) is 2.62. The molecule has 1 amide bonds. The molecule has 1 fully saturated rings. The smallest absolute Gasteiger partial charge is 0.311 e. The predicted octanol–water partition coefficient (Wildman–Crippen LogP) is 2.43. The summed E-state index contributed by atoms with van der Waals surface area (Å²) < 4.78 is 32.1. The predicted molar refractivity (Wildman–Crippen MR) is 76.8 cm³/mol. The van der Waals surface area contributed by atoms with Gasteiger partial charge in [0.25, 0.3) is 5.91 Å². The van der Waals surface area contributed by atoms with Crippen LogP contribution >= 0.6 is 0 Å². The molecule has 0 saturated heterocycles. The Morgan fingerprint density at radius 2 is 1.82 bits per heavy atom. The van der Waals surface area contributed by atoms with Gasteiger partial charge in [-0.25, -0.2) is 8.78 Å². The first kappa shape index (κ1) is 16.4. The number of halogens is 2. The molecule has 120 valence electrons. The maximum Gasteiger partial charge on any atom is 0.311 e. The number of hydrogen-bond donors (Lipinski definition) is 1. The minimum absolute atomic E-state index is 0.157. The summed E-state index contributed by atoms with van der Waals surface area (Å²) in [6, 6.07) is 7.63. The Hall–Kier alpha value is -1.98. The van der Waals surface area contributed by atoms with E-state index in [0.29, 0.717) is 5.56 Å². The lowest BCUT2D eigenvalue weighted by Gasteiger charge is -2.34. The third-order valence-corrected chi connectivity index (χ3v) is 3.78. The van der Waals surface area contributed by atoms with Gasteiger partial charge in [-0.3, -0.25) is 9.59 Å². The van der Waals surface area contributed by atoms with Crippen molar-refractivity contribution in [3.8, 4) is 0 Å². The molecule has 0 spiro atoms. The monoisotopic (exact) mass is 311 g/mol. The number of esters is 1. The van der Waals surface area contributed by atoms with Crippen molar-refractivity contribution < 1.29 is 23.1 Å². The highest BCUT2D eigenvalue weighted by Crippen LogP contribution is 2.30. The van der Waals surface area contributed by atoms with E-state index in [9.17, 15) is 18.4 Å². The Morgan fingerprint density at radius 3 is 2.45 bits per heavy atom. The second-order valence-electron chi connectivity index (χ2n) is 5.31. The Morgan fingerprint density at radius 1 is 1.18 bits per heavy atom. The third-order valence-electron chi connectivity index (χ3n) is 3.78. The van der Waals surface area contributed by atoms with E-state index in [1.165, 1.54) is 0 Å². The summed E-state index contributed by atoms with van der Waals surface area (Å²) in [5, 5.41) is 2.63. The summed E-state index contributed by atoms with van der Waals surface area (Å²) in [4.78, 5) is 24.1. The molecule has 0 heterocycles. The summed E-state index contributed by atoms with van der Waals surface area (Å²) in [5.74, 6) is -1.88. The maximum atomic E-state index is 13.6. The van der Waals surface area contributed by atoms with Gasteiger partial charge in [-0.1, -0.05) is 18.2 Å². The summed E-state index contributed by atoms with van der Waals surface area (Å²) in [7, 11) is 0.